The predicted molar refractivity (Wildman–Crippen MR) is 64.6 cm³/mol. The SMILES string of the molecule is C=C(C)C(=O)OCCNC(=O)OCCC(C)C. The van der Waals surface area contributed by atoms with Crippen LogP contribution in [0, 0.1) is 5.92 Å². The topological polar surface area (TPSA) is 64.6 Å². The highest BCUT2D eigenvalue weighted by Gasteiger charge is 2.04. The lowest BCUT2D eigenvalue weighted by molar-refractivity contribution is -0.138. The van der Waals surface area contributed by atoms with E-state index in [2.05, 4.69) is 25.7 Å². The minimum absolute atomic E-state index is 0.116. The van der Waals surface area contributed by atoms with Crippen LogP contribution in [-0.2, 0) is 14.3 Å². The van der Waals surface area contributed by atoms with Crippen LogP contribution in [0.2, 0.25) is 0 Å². The second-order valence-corrected chi connectivity index (χ2v) is 4.16. The van der Waals surface area contributed by atoms with E-state index in [0.717, 1.165) is 6.42 Å². The smallest absolute Gasteiger partial charge is 0.407 e. The van der Waals surface area contributed by atoms with Crippen molar-refractivity contribution in [3.8, 4) is 0 Å². The number of ether oxygens (including phenoxy) is 2. The van der Waals surface area contributed by atoms with E-state index in [0.29, 0.717) is 18.1 Å². The average Bonchev–Trinajstić information content (AvgIpc) is 2.23. The fraction of sp³-hybridized carbons (Fsp3) is 0.667. The van der Waals surface area contributed by atoms with Crippen molar-refractivity contribution in [2.45, 2.75) is 27.2 Å². The third-order valence-electron chi connectivity index (χ3n) is 1.88. The van der Waals surface area contributed by atoms with Crippen molar-refractivity contribution in [1.82, 2.24) is 5.32 Å². The molecule has 5 nitrogen and oxygen atoms in total. The summed E-state index contributed by atoms with van der Waals surface area (Å²) >= 11 is 0. The van der Waals surface area contributed by atoms with E-state index >= 15 is 0 Å². The van der Waals surface area contributed by atoms with Gasteiger partial charge in [0.1, 0.15) is 6.61 Å². The van der Waals surface area contributed by atoms with Gasteiger partial charge >= 0.3 is 12.1 Å². The molecule has 0 atom stereocenters. The van der Waals surface area contributed by atoms with Gasteiger partial charge in [-0.1, -0.05) is 20.4 Å². The summed E-state index contributed by atoms with van der Waals surface area (Å²) in [6, 6.07) is 0. The molecule has 1 N–H and O–H groups in total. The first-order valence-corrected chi connectivity index (χ1v) is 5.66. The molecule has 0 aromatic heterocycles. The van der Waals surface area contributed by atoms with Gasteiger partial charge in [-0.05, 0) is 19.3 Å². The summed E-state index contributed by atoms with van der Waals surface area (Å²) in [7, 11) is 0. The van der Waals surface area contributed by atoms with Crippen LogP contribution < -0.4 is 5.32 Å². The number of hydrogen-bond donors (Lipinski definition) is 1. The highest BCUT2D eigenvalue weighted by atomic mass is 16.6. The maximum Gasteiger partial charge on any atom is 0.407 e. The van der Waals surface area contributed by atoms with Crippen molar-refractivity contribution in [3.05, 3.63) is 12.2 Å². The molecule has 0 heterocycles. The lowest BCUT2D eigenvalue weighted by Gasteiger charge is -2.08. The second-order valence-electron chi connectivity index (χ2n) is 4.16. The molecule has 0 saturated carbocycles. The lowest BCUT2D eigenvalue weighted by atomic mass is 10.1. The van der Waals surface area contributed by atoms with Crippen LogP contribution in [0.15, 0.2) is 12.2 Å². The summed E-state index contributed by atoms with van der Waals surface area (Å²) in [4.78, 5) is 22.1. The monoisotopic (exact) mass is 243 g/mol. The first-order valence-electron chi connectivity index (χ1n) is 5.66. The zero-order valence-corrected chi connectivity index (χ0v) is 10.7. The maximum absolute atomic E-state index is 11.1. The van der Waals surface area contributed by atoms with Crippen molar-refractivity contribution in [2.75, 3.05) is 19.8 Å². The molecule has 0 aliphatic heterocycles. The Morgan fingerprint density at radius 1 is 1.24 bits per heavy atom. The second kappa shape index (κ2) is 8.61. The maximum atomic E-state index is 11.1. The summed E-state index contributed by atoms with van der Waals surface area (Å²) in [6.07, 6.45) is 0.343. The summed E-state index contributed by atoms with van der Waals surface area (Å²) in [5.74, 6) is 0.0410. The van der Waals surface area contributed by atoms with Gasteiger partial charge in [0.15, 0.2) is 0 Å². The number of esters is 1. The summed E-state index contributed by atoms with van der Waals surface area (Å²) in [5, 5.41) is 2.48. The minimum atomic E-state index is -0.489. The quantitative estimate of drug-likeness (QED) is 0.421. The first kappa shape index (κ1) is 15.5. The molecule has 0 unspecified atom stereocenters. The van der Waals surface area contributed by atoms with Gasteiger partial charge in [-0.15, -0.1) is 0 Å². The van der Waals surface area contributed by atoms with Crippen LogP contribution in [0.3, 0.4) is 0 Å². The third-order valence-corrected chi connectivity index (χ3v) is 1.88. The van der Waals surface area contributed by atoms with Crippen LogP contribution >= 0.6 is 0 Å². The Balaban J connectivity index is 3.45. The first-order chi connectivity index (χ1) is 7.93. The molecule has 0 aliphatic carbocycles. The van der Waals surface area contributed by atoms with E-state index in [1.807, 2.05) is 0 Å². The van der Waals surface area contributed by atoms with Crippen molar-refractivity contribution in [1.29, 1.82) is 0 Å². The molecule has 0 fully saturated rings. The van der Waals surface area contributed by atoms with Crippen molar-refractivity contribution < 1.29 is 19.1 Å². The fourth-order valence-corrected chi connectivity index (χ4v) is 0.858. The molecular formula is C12H21NO4. The largest absolute Gasteiger partial charge is 0.460 e. The highest BCUT2D eigenvalue weighted by molar-refractivity contribution is 5.86. The molecule has 17 heavy (non-hydrogen) atoms. The molecule has 0 aromatic rings. The van der Waals surface area contributed by atoms with E-state index in [9.17, 15) is 9.59 Å². The Bertz CT molecular complexity index is 274. The van der Waals surface area contributed by atoms with Crippen molar-refractivity contribution in [3.63, 3.8) is 0 Å². The van der Waals surface area contributed by atoms with Crippen molar-refractivity contribution >= 4 is 12.1 Å². The Morgan fingerprint density at radius 3 is 2.41 bits per heavy atom. The minimum Gasteiger partial charge on any atom is -0.460 e. The fourth-order valence-electron chi connectivity index (χ4n) is 0.858. The number of alkyl carbamates (subject to hydrolysis) is 1. The third kappa shape index (κ3) is 9.41. The van der Waals surface area contributed by atoms with E-state index in [4.69, 9.17) is 9.47 Å². The van der Waals surface area contributed by atoms with Gasteiger partial charge in [0.05, 0.1) is 13.2 Å². The predicted octanol–water partition coefficient (Wildman–Crippen LogP) is 1.88. The van der Waals surface area contributed by atoms with Gasteiger partial charge < -0.3 is 14.8 Å². The van der Waals surface area contributed by atoms with Crippen LogP contribution in [-0.4, -0.2) is 31.8 Å². The molecule has 5 heteroatoms. The molecule has 0 spiro atoms. The Labute approximate surface area is 102 Å². The van der Waals surface area contributed by atoms with Gasteiger partial charge in [-0.2, -0.15) is 0 Å². The Morgan fingerprint density at radius 2 is 1.88 bits per heavy atom. The standard InChI is InChI=1S/C12H21NO4/c1-9(2)5-7-17-12(15)13-6-8-16-11(14)10(3)4/h9H,3,5-8H2,1-2,4H3,(H,13,15). The highest BCUT2D eigenvalue weighted by Crippen LogP contribution is 1.98. The number of carbonyl (C=O) groups is 2. The molecule has 0 aliphatic rings. The summed E-state index contributed by atoms with van der Waals surface area (Å²) in [5.41, 5.74) is 0.338. The zero-order valence-electron chi connectivity index (χ0n) is 10.7. The average molecular weight is 243 g/mol. The molecular weight excluding hydrogens is 222 g/mol. The number of carbonyl (C=O) groups excluding carboxylic acids is 2. The molecule has 0 bridgehead atoms. The lowest BCUT2D eigenvalue weighted by Crippen LogP contribution is -2.29. The van der Waals surface area contributed by atoms with Crippen LogP contribution in [0.4, 0.5) is 4.79 Å². The Hall–Kier alpha value is -1.52. The van der Waals surface area contributed by atoms with Gasteiger partial charge in [-0.3, -0.25) is 0 Å². The van der Waals surface area contributed by atoms with Gasteiger partial charge in [-0.25, -0.2) is 9.59 Å². The number of rotatable bonds is 7. The van der Waals surface area contributed by atoms with Crippen LogP contribution in [0.25, 0.3) is 0 Å². The molecule has 0 rings (SSSR count). The zero-order chi connectivity index (χ0) is 13.3. The normalized spacial score (nSPS) is 9.88. The number of nitrogens with one attached hydrogen (secondary N) is 1. The molecule has 0 saturated heterocycles. The van der Waals surface area contributed by atoms with Gasteiger partial charge in [0.2, 0.25) is 0 Å². The van der Waals surface area contributed by atoms with E-state index < -0.39 is 12.1 Å². The van der Waals surface area contributed by atoms with Gasteiger partial charge in [0.25, 0.3) is 0 Å². The number of hydrogen-bond acceptors (Lipinski definition) is 4. The van der Waals surface area contributed by atoms with Crippen molar-refractivity contribution in [2.24, 2.45) is 5.92 Å². The van der Waals surface area contributed by atoms with E-state index in [-0.39, 0.29) is 13.2 Å². The molecule has 0 radical (unpaired) electrons. The molecule has 1 amide bonds. The summed E-state index contributed by atoms with van der Waals surface area (Å²) < 4.78 is 9.69. The molecule has 98 valence electrons. The molecule has 0 aromatic carbocycles. The Kier molecular flexibility index (Phi) is 7.84. The van der Waals surface area contributed by atoms with E-state index in [1.54, 1.807) is 6.92 Å². The van der Waals surface area contributed by atoms with Crippen LogP contribution in [0.5, 0.6) is 0 Å². The summed E-state index contributed by atoms with van der Waals surface area (Å²) in [6.45, 7) is 9.86. The van der Waals surface area contributed by atoms with Crippen LogP contribution in [0.1, 0.15) is 27.2 Å². The number of amides is 1. The van der Waals surface area contributed by atoms with E-state index in [1.165, 1.54) is 0 Å². The van der Waals surface area contributed by atoms with Gasteiger partial charge in [0, 0.05) is 5.57 Å².